The van der Waals surface area contributed by atoms with Crippen molar-refractivity contribution in [3.63, 3.8) is 0 Å². The normalized spacial score (nSPS) is 27.3. The van der Waals surface area contributed by atoms with Crippen LogP contribution >= 0.6 is 0 Å². The first kappa shape index (κ1) is 37.1. The number of hydrogen-bond acceptors (Lipinski definition) is 2. The van der Waals surface area contributed by atoms with Crippen molar-refractivity contribution in [2.24, 2.45) is 40.4 Å². The van der Waals surface area contributed by atoms with Gasteiger partial charge in [0.2, 0.25) is 0 Å². The van der Waals surface area contributed by atoms with Crippen molar-refractivity contribution in [2.45, 2.75) is 165 Å². The maximum Gasteiger partial charge on any atom is 0.0729 e. The fourth-order valence-corrected chi connectivity index (χ4v) is 7.95. The molecule has 4 unspecified atom stereocenters. The minimum atomic E-state index is -0.284. The van der Waals surface area contributed by atoms with Crippen LogP contribution in [0.4, 0.5) is 0 Å². The molecule has 7 atom stereocenters. The molecule has 42 heavy (non-hydrogen) atoms. The Morgan fingerprint density at radius 2 is 1.29 bits per heavy atom. The summed E-state index contributed by atoms with van der Waals surface area (Å²) in [5.41, 5.74) is 4.34. The number of hydrogen-bond donors (Lipinski definition) is 2. The smallest absolute Gasteiger partial charge is 0.0729 e. The Morgan fingerprint density at radius 3 is 1.81 bits per heavy atom. The van der Waals surface area contributed by atoms with Crippen LogP contribution in [0.1, 0.15) is 153 Å². The molecule has 0 fully saturated rings. The second kappa shape index (κ2) is 17.4. The highest BCUT2D eigenvalue weighted by atomic mass is 16.3. The van der Waals surface area contributed by atoms with E-state index in [9.17, 15) is 10.2 Å². The molecule has 0 spiro atoms. The molecule has 0 amide bonds. The molecule has 0 saturated carbocycles. The topological polar surface area (TPSA) is 40.5 Å². The van der Waals surface area contributed by atoms with Crippen molar-refractivity contribution >= 4 is 0 Å². The van der Waals surface area contributed by atoms with Crippen molar-refractivity contribution in [3.05, 3.63) is 47.1 Å². The lowest BCUT2D eigenvalue weighted by molar-refractivity contribution is 0.116. The van der Waals surface area contributed by atoms with Crippen LogP contribution < -0.4 is 0 Å². The lowest BCUT2D eigenvalue weighted by atomic mass is 9.67. The van der Waals surface area contributed by atoms with Crippen LogP contribution in [0, 0.1) is 40.4 Å². The van der Waals surface area contributed by atoms with Gasteiger partial charge in [-0.05, 0) is 86.0 Å². The van der Waals surface area contributed by atoms with E-state index in [1.165, 1.54) is 80.9 Å². The Kier molecular flexibility index (Phi) is 15.3. The first-order valence-corrected chi connectivity index (χ1v) is 17.7. The summed E-state index contributed by atoms with van der Waals surface area (Å²) in [5, 5.41) is 20.2. The number of aliphatic hydroxyl groups excluding tert-OH is 2. The van der Waals surface area contributed by atoms with Gasteiger partial charge < -0.3 is 10.2 Å². The van der Waals surface area contributed by atoms with Gasteiger partial charge in [-0.3, -0.25) is 0 Å². The van der Waals surface area contributed by atoms with Crippen LogP contribution in [0.15, 0.2) is 47.1 Å². The maximum atomic E-state index is 10.1. The molecule has 2 aliphatic carbocycles. The average Bonchev–Trinajstić information content (AvgIpc) is 2.84. The molecule has 2 nitrogen and oxygen atoms in total. The van der Waals surface area contributed by atoms with Crippen LogP contribution in [0.5, 0.6) is 0 Å². The standard InChI is InChI=1S/C40H70O2/c1-29(17-13-19-31(3)21-23-37-33(5)25-35(41)27-39(37,7)8)15-11-12-16-30(2)18-14-20-32(4)22-24-38-34(6)26-36(42)28-40(38,9)10/h21-25,29-32,35-37,41-42H,11-20,26-28H2,1-10H3/b23-21-,24-22+/t29?,30?,31?,32?,35-,36-,37-/m0/s1. The molecule has 2 N–H and O–H groups in total. The van der Waals surface area contributed by atoms with Gasteiger partial charge in [-0.1, -0.05) is 148 Å². The van der Waals surface area contributed by atoms with E-state index in [0.29, 0.717) is 17.8 Å². The quantitative estimate of drug-likeness (QED) is 0.132. The second-order valence-corrected chi connectivity index (χ2v) is 16.3. The Bertz CT molecular complexity index is 916. The van der Waals surface area contributed by atoms with Gasteiger partial charge in [0.25, 0.3) is 0 Å². The monoisotopic (exact) mass is 583 g/mol. The fraction of sp³-hybridized carbons (Fsp3) is 0.800. The van der Waals surface area contributed by atoms with E-state index in [0.717, 1.165) is 31.1 Å². The molecule has 0 radical (unpaired) electrons. The Balaban J connectivity index is 1.56. The third kappa shape index (κ3) is 12.9. The third-order valence-corrected chi connectivity index (χ3v) is 10.6. The van der Waals surface area contributed by atoms with Crippen LogP contribution in [-0.2, 0) is 0 Å². The van der Waals surface area contributed by atoms with E-state index in [4.69, 9.17) is 0 Å². The van der Waals surface area contributed by atoms with Gasteiger partial charge in [0.15, 0.2) is 0 Å². The van der Waals surface area contributed by atoms with E-state index in [1.807, 2.05) is 0 Å². The molecule has 2 rings (SSSR count). The van der Waals surface area contributed by atoms with Crippen LogP contribution in [0.3, 0.4) is 0 Å². The van der Waals surface area contributed by atoms with Crippen LogP contribution in [0.2, 0.25) is 0 Å². The van der Waals surface area contributed by atoms with Crippen molar-refractivity contribution < 1.29 is 10.2 Å². The summed E-state index contributed by atoms with van der Waals surface area (Å²) in [6, 6.07) is 0. The maximum absolute atomic E-state index is 10.1. The summed E-state index contributed by atoms with van der Waals surface area (Å²) in [6.45, 7) is 23.1. The fourth-order valence-electron chi connectivity index (χ4n) is 7.95. The van der Waals surface area contributed by atoms with Gasteiger partial charge in [-0.2, -0.15) is 0 Å². The predicted molar refractivity (Wildman–Crippen MR) is 184 cm³/mol. The van der Waals surface area contributed by atoms with E-state index < -0.39 is 0 Å². The van der Waals surface area contributed by atoms with E-state index in [2.05, 4.69) is 99.6 Å². The molecule has 0 aliphatic heterocycles. The minimum absolute atomic E-state index is 0.0788. The van der Waals surface area contributed by atoms with Gasteiger partial charge in [0.05, 0.1) is 12.2 Å². The summed E-state index contributed by atoms with van der Waals surface area (Å²) in [7, 11) is 0. The van der Waals surface area contributed by atoms with Crippen molar-refractivity contribution in [1.82, 2.24) is 0 Å². The summed E-state index contributed by atoms with van der Waals surface area (Å²) >= 11 is 0. The number of aliphatic hydroxyl groups is 2. The Morgan fingerprint density at radius 1 is 0.762 bits per heavy atom. The first-order valence-electron chi connectivity index (χ1n) is 17.7. The number of unbranched alkanes of at least 4 members (excludes halogenated alkanes) is 1. The lowest BCUT2D eigenvalue weighted by Crippen LogP contribution is -2.32. The molecule has 0 aromatic rings. The van der Waals surface area contributed by atoms with Crippen molar-refractivity contribution in [3.8, 4) is 0 Å². The summed E-state index contributed by atoms with van der Waals surface area (Å²) in [6.07, 6.45) is 27.2. The molecular formula is C40H70O2. The molecule has 0 saturated heterocycles. The zero-order valence-electron chi connectivity index (χ0n) is 29.5. The zero-order valence-corrected chi connectivity index (χ0v) is 29.5. The number of allylic oxidation sites excluding steroid dienone is 6. The molecule has 0 bridgehead atoms. The molecule has 0 aromatic heterocycles. The first-order chi connectivity index (χ1) is 19.6. The highest BCUT2D eigenvalue weighted by molar-refractivity contribution is 5.33. The zero-order chi connectivity index (χ0) is 31.5. The Labute approximate surface area is 262 Å². The summed E-state index contributed by atoms with van der Waals surface area (Å²) in [4.78, 5) is 0. The van der Waals surface area contributed by atoms with Crippen molar-refractivity contribution in [2.75, 3.05) is 0 Å². The van der Waals surface area contributed by atoms with Gasteiger partial charge in [0, 0.05) is 5.92 Å². The predicted octanol–water partition coefficient (Wildman–Crippen LogP) is 11.4. The van der Waals surface area contributed by atoms with Gasteiger partial charge in [-0.15, -0.1) is 0 Å². The summed E-state index contributed by atoms with van der Waals surface area (Å²) < 4.78 is 0. The van der Waals surface area contributed by atoms with E-state index in [1.54, 1.807) is 0 Å². The van der Waals surface area contributed by atoms with Crippen LogP contribution in [0.25, 0.3) is 0 Å². The molecule has 2 heteroatoms. The minimum Gasteiger partial charge on any atom is -0.393 e. The third-order valence-electron chi connectivity index (χ3n) is 10.6. The molecule has 0 heterocycles. The largest absolute Gasteiger partial charge is 0.393 e. The average molecular weight is 583 g/mol. The SMILES string of the molecule is CC1=C[C@H](O)CC(C)(C)[C@H]1/C=C\C(C)CCCC(C)CCCCC(C)CCCC(C)/C=C/C1=C(C)C[C@H](O)CC1(C)C. The summed E-state index contributed by atoms with van der Waals surface area (Å²) in [5.74, 6) is 3.37. The second-order valence-electron chi connectivity index (χ2n) is 16.3. The molecule has 2 aliphatic rings. The van der Waals surface area contributed by atoms with Crippen molar-refractivity contribution in [1.29, 1.82) is 0 Å². The van der Waals surface area contributed by atoms with E-state index in [-0.39, 0.29) is 23.0 Å². The Hall–Kier alpha value is -1.12. The molecule has 0 aromatic carbocycles. The lowest BCUT2D eigenvalue weighted by Gasteiger charge is -2.39. The van der Waals surface area contributed by atoms with Gasteiger partial charge in [0.1, 0.15) is 0 Å². The van der Waals surface area contributed by atoms with Gasteiger partial charge >= 0.3 is 0 Å². The van der Waals surface area contributed by atoms with E-state index >= 15 is 0 Å². The highest BCUT2D eigenvalue weighted by Crippen LogP contribution is 2.42. The van der Waals surface area contributed by atoms with Crippen LogP contribution in [-0.4, -0.2) is 22.4 Å². The molecular weight excluding hydrogens is 512 g/mol. The van der Waals surface area contributed by atoms with Gasteiger partial charge in [-0.25, -0.2) is 0 Å². The highest BCUT2D eigenvalue weighted by Gasteiger charge is 2.34. The number of rotatable bonds is 17. The molecule has 242 valence electrons.